The van der Waals surface area contributed by atoms with Gasteiger partial charge in [0, 0.05) is 22.8 Å². The van der Waals surface area contributed by atoms with E-state index in [9.17, 15) is 4.79 Å². The lowest BCUT2D eigenvalue weighted by Gasteiger charge is -2.11. The summed E-state index contributed by atoms with van der Waals surface area (Å²) in [6.07, 6.45) is 1.52. The van der Waals surface area contributed by atoms with Crippen LogP contribution in [0.25, 0.3) is 17.1 Å². The lowest BCUT2D eigenvalue weighted by Crippen LogP contribution is -2.19. The van der Waals surface area contributed by atoms with Crippen LogP contribution in [-0.2, 0) is 0 Å². The molecule has 3 rings (SSSR count). The van der Waals surface area contributed by atoms with Crippen LogP contribution in [0.2, 0.25) is 5.02 Å². The SMILES string of the molecule is O=c1ccnc(-c2ccccc2)n1-c1ccc(Cl)cc1. The maximum absolute atomic E-state index is 12.2. The Labute approximate surface area is 121 Å². The molecule has 3 nitrogen and oxygen atoms in total. The highest BCUT2D eigenvalue weighted by atomic mass is 35.5. The average Bonchev–Trinajstić information content (AvgIpc) is 2.49. The van der Waals surface area contributed by atoms with Crippen LogP contribution in [0.15, 0.2) is 71.7 Å². The number of benzene rings is 2. The van der Waals surface area contributed by atoms with Crippen LogP contribution in [0.5, 0.6) is 0 Å². The molecule has 2 aromatic carbocycles. The fourth-order valence-electron chi connectivity index (χ4n) is 2.04. The van der Waals surface area contributed by atoms with Crippen LogP contribution in [0, 0.1) is 0 Å². The number of hydrogen-bond donors (Lipinski definition) is 0. The smallest absolute Gasteiger partial charge is 0.258 e. The fraction of sp³-hybridized carbons (Fsp3) is 0. The highest BCUT2D eigenvalue weighted by molar-refractivity contribution is 6.30. The summed E-state index contributed by atoms with van der Waals surface area (Å²) in [6.45, 7) is 0. The molecule has 0 saturated heterocycles. The summed E-state index contributed by atoms with van der Waals surface area (Å²) in [5.74, 6) is 0.612. The lowest BCUT2D eigenvalue weighted by molar-refractivity contribution is 0.949. The highest BCUT2D eigenvalue weighted by Gasteiger charge is 2.09. The van der Waals surface area contributed by atoms with Crippen LogP contribution in [-0.4, -0.2) is 9.55 Å². The van der Waals surface area contributed by atoms with Crippen molar-refractivity contribution in [2.24, 2.45) is 0 Å². The van der Waals surface area contributed by atoms with Crippen molar-refractivity contribution in [2.75, 3.05) is 0 Å². The largest absolute Gasteiger partial charge is 0.269 e. The van der Waals surface area contributed by atoms with Crippen molar-refractivity contribution in [3.63, 3.8) is 0 Å². The zero-order valence-corrected chi connectivity index (χ0v) is 11.3. The second kappa shape index (κ2) is 5.31. The maximum atomic E-state index is 12.2. The van der Waals surface area contributed by atoms with Crippen molar-refractivity contribution >= 4 is 11.6 Å². The Bertz CT molecular complexity index is 780. The molecule has 0 atom stereocenters. The molecule has 1 heterocycles. The second-order valence-electron chi connectivity index (χ2n) is 4.28. The predicted molar refractivity (Wildman–Crippen MR) is 80.3 cm³/mol. The first-order valence-electron chi connectivity index (χ1n) is 6.15. The molecule has 1 aromatic heterocycles. The van der Waals surface area contributed by atoms with Crippen LogP contribution >= 0.6 is 11.6 Å². The summed E-state index contributed by atoms with van der Waals surface area (Å²) in [5.41, 5.74) is 1.51. The molecule has 0 unspecified atom stereocenters. The first-order chi connectivity index (χ1) is 9.75. The number of rotatable bonds is 2. The van der Waals surface area contributed by atoms with Crippen LogP contribution in [0.4, 0.5) is 0 Å². The number of halogens is 1. The van der Waals surface area contributed by atoms with E-state index in [2.05, 4.69) is 4.98 Å². The van der Waals surface area contributed by atoms with Gasteiger partial charge < -0.3 is 0 Å². The Morgan fingerprint density at radius 3 is 2.30 bits per heavy atom. The Kier molecular flexibility index (Phi) is 3.35. The normalized spacial score (nSPS) is 10.4. The van der Waals surface area contributed by atoms with Gasteiger partial charge in [0.25, 0.3) is 5.56 Å². The Morgan fingerprint density at radius 1 is 0.900 bits per heavy atom. The minimum Gasteiger partial charge on any atom is -0.269 e. The predicted octanol–water partition coefficient (Wildman–Crippen LogP) is 3.55. The van der Waals surface area contributed by atoms with E-state index in [-0.39, 0.29) is 5.56 Å². The average molecular weight is 283 g/mol. The molecule has 3 aromatic rings. The molecule has 0 aliphatic heterocycles. The van der Waals surface area contributed by atoms with E-state index in [0.29, 0.717) is 10.8 Å². The van der Waals surface area contributed by atoms with Gasteiger partial charge in [0.15, 0.2) is 0 Å². The summed E-state index contributed by atoms with van der Waals surface area (Å²) >= 11 is 5.89. The van der Waals surface area contributed by atoms with Crippen molar-refractivity contribution in [1.82, 2.24) is 9.55 Å². The van der Waals surface area contributed by atoms with Gasteiger partial charge in [-0.1, -0.05) is 41.9 Å². The molecule has 98 valence electrons. The molecule has 0 amide bonds. The summed E-state index contributed by atoms with van der Waals surface area (Å²) in [5, 5.41) is 0.631. The number of nitrogens with zero attached hydrogens (tertiary/aromatic N) is 2. The van der Waals surface area contributed by atoms with Crippen molar-refractivity contribution < 1.29 is 0 Å². The fourth-order valence-corrected chi connectivity index (χ4v) is 2.16. The molecule has 0 bridgehead atoms. The van der Waals surface area contributed by atoms with E-state index >= 15 is 0 Å². The van der Waals surface area contributed by atoms with Gasteiger partial charge in [0.05, 0.1) is 5.69 Å². The van der Waals surface area contributed by atoms with Gasteiger partial charge in [0.2, 0.25) is 0 Å². The lowest BCUT2D eigenvalue weighted by atomic mass is 10.2. The number of hydrogen-bond acceptors (Lipinski definition) is 2. The Hall–Kier alpha value is -2.39. The van der Waals surface area contributed by atoms with Crippen molar-refractivity contribution in [3.8, 4) is 17.1 Å². The van der Waals surface area contributed by atoms with Crippen LogP contribution in [0.3, 0.4) is 0 Å². The molecule has 4 heteroatoms. The first-order valence-corrected chi connectivity index (χ1v) is 6.53. The summed E-state index contributed by atoms with van der Waals surface area (Å²) in [6, 6.07) is 18.2. The van der Waals surface area contributed by atoms with E-state index in [4.69, 9.17) is 11.6 Å². The maximum Gasteiger partial charge on any atom is 0.258 e. The van der Waals surface area contributed by atoms with Crippen molar-refractivity contribution in [3.05, 3.63) is 82.2 Å². The van der Waals surface area contributed by atoms with Gasteiger partial charge in [-0.2, -0.15) is 0 Å². The zero-order valence-electron chi connectivity index (χ0n) is 10.5. The molecular formula is C16H11ClN2O. The number of aromatic nitrogens is 2. The van der Waals surface area contributed by atoms with E-state index in [0.717, 1.165) is 11.3 Å². The van der Waals surface area contributed by atoms with Crippen LogP contribution in [0.1, 0.15) is 0 Å². The van der Waals surface area contributed by atoms with Crippen LogP contribution < -0.4 is 5.56 Å². The van der Waals surface area contributed by atoms with Crippen molar-refractivity contribution in [2.45, 2.75) is 0 Å². The molecule has 0 N–H and O–H groups in total. The van der Waals surface area contributed by atoms with Gasteiger partial charge in [-0.25, -0.2) is 4.98 Å². The topological polar surface area (TPSA) is 34.9 Å². The monoisotopic (exact) mass is 282 g/mol. The third-order valence-electron chi connectivity index (χ3n) is 2.96. The summed E-state index contributed by atoms with van der Waals surface area (Å²) in [7, 11) is 0. The third-order valence-corrected chi connectivity index (χ3v) is 3.21. The van der Waals surface area contributed by atoms with E-state index < -0.39 is 0 Å². The van der Waals surface area contributed by atoms with Gasteiger partial charge in [-0.3, -0.25) is 9.36 Å². The molecule has 0 saturated carbocycles. The second-order valence-corrected chi connectivity index (χ2v) is 4.72. The molecule has 0 radical (unpaired) electrons. The van der Waals surface area contributed by atoms with Gasteiger partial charge in [-0.05, 0) is 24.3 Å². The van der Waals surface area contributed by atoms with E-state index in [1.165, 1.54) is 12.3 Å². The quantitative estimate of drug-likeness (QED) is 0.720. The first kappa shape index (κ1) is 12.6. The van der Waals surface area contributed by atoms with E-state index in [1.54, 1.807) is 28.8 Å². The summed E-state index contributed by atoms with van der Waals surface area (Å²) < 4.78 is 1.58. The zero-order chi connectivity index (χ0) is 13.9. The minimum atomic E-state index is -0.124. The molecule has 20 heavy (non-hydrogen) atoms. The standard InChI is InChI=1S/C16H11ClN2O/c17-13-6-8-14(9-7-13)19-15(20)10-11-18-16(19)12-4-2-1-3-5-12/h1-11H. The third kappa shape index (κ3) is 2.36. The molecule has 0 spiro atoms. The molecule has 0 aliphatic rings. The minimum absolute atomic E-state index is 0.124. The molecular weight excluding hydrogens is 272 g/mol. The van der Waals surface area contributed by atoms with E-state index in [1.807, 2.05) is 30.3 Å². The molecule has 0 aliphatic carbocycles. The summed E-state index contributed by atoms with van der Waals surface area (Å²) in [4.78, 5) is 16.5. The molecule has 0 fully saturated rings. The van der Waals surface area contributed by atoms with Gasteiger partial charge in [-0.15, -0.1) is 0 Å². The van der Waals surface area contributed by atoms with Gasteiger partial charge in [0.1, 0.15) is 5.82 Å². The Morgan fingerprint density at radius 2 is 1.60 bits per heavy atom. The highest BCUT2D eigenvalue weighted by Crippen LogP contribution is 2.19. The Balaban J connectivity index is 2.25. The van der Waals surface area contributed by atoms with Gasteiger partial charge >= 0.3 is 0 Å². The van der Waals surface area contributed by atoms with Crippen molar-refractivity contribution in [1.29, 1.82) is 0 Å².